The SMILES string of the molecule is Cc1nc2ccc(C3CO3)cc2o1. The van der Waals surface area contributed by atoms with Crippen LogP contribution in [0.25, 0.3) is 11.1 Å². The van der Waals surface area contributed by atoms with E-state index in [9.17, 15) is 0 Å². The van der Waals surface area contributed by atoms with Crippen LogP contribution in [0.15, 0.2) is 22.6 Å². The third-order valence-corrected chi connectivity index (χ3v) is 2.22. The summed E-state index contributed by atoms with van der Waals surface area (Å²) in [4.78, 5) is 4.23. The molecule has 3 rings (SSSR count). The molecule has 2 heterocycles. The molecular formula is C10H9NO2. The molecule has 0 N–H and O–H groups in total. The molecule has 0 amide bonds. The molecule has 0 aliphatic carbocycles. The molecule has 1 aliphatic rings. The Hall–Kier alpha value is -1.35. The molecule has 1 saturated heterocycles. The maximum Gasteiger partial charge on any atom is 0.192 e. The molecule has 3 heteroatoms. The van der Waals surface area contributed by atoms with Crippen molar-refractivity contribution in [1.29, 1.82) is 0 Å². The Morgan fingerprint density at radius 3 is 3.08 bits per heavy atom. The summed E-state index contributed by atoms with van der Waals surface area (Å²) in [5, 5.41) is 0. The summed E-state index contributed by atoms with van der Waals surface area (Å²) in [5.41, 5.74) is 2.95. The molecular weight excluding hydrogens is 166 g/mol. The molecule has 0 spiro atoms. The van der Waals surface area contributed by atoms with Gasteiger partial charge >= 0.3 is 0 Å². The topological polar surface area (TPSA) is 38.6 Å². The Kier molecular flexibility index (Phi) is 1.27. The van der Waals surface area contributed by atoms with Crippen molar-refractivity contribution in [2.24, 2.45) is 0 Å². The standard InChI is InChI=1S/C10H9NO2/c1-6-11-8-3-2-7(10-5-12-10)4-9(8)13-6/h2-4,10H,5H2,1H3. The van der Waals surface area contributed by atoms with Crippen LogP contribution >= 0.6 is 0 Å². The number of oxazole rings is 1. The monoisotopic (exact) mass is 175 g/mol. The van der Waals surface area contributed by atoms with Gasteiger partial charge in [0.25, 0.3) is 0 Å². The second-order valence-electron chi connectivity index (χ2n) is 3.28. The van der Waals surface area contributed by atoms with E-state index >= 15 is 0 Å². The summed E-state index contributed by atoms with van der Waals surface area (Å²) in [5.74, 6) is 0.712. The first-order valence-electron chi connectivity index (χ1n) is 4.31. The molecule has 3 nitrogen and oxygen atoms in total. The summed E-state index contributed by atoms with van der Waals surface area (Å²) in [6.07, 6.45) is 0.287. The number of aromatic nitrogens is 1. The van der Waals surface area contributed by atoms with E-state index in [4.69, 9.17) is 9.15 Å². The van der Waals surface area contributed by atoms with E-state index in [0.717, 1.165) is 17.7 Å². The molecule has 0 radical (unpaired) electrons. The van der Waals surface area contributed by atoms with Gasteiger partial charge in [-0.1, -0.05) is 6.07 Å². The van der Waals surface area contributed by atoms with Gasteiger partial charge in [0.15, 0.2) is 11.5 Å². The number of hydrogen-bond donors (Lipinski definition) is 0. The Morgan fingerprint density at radius 1 is 1.46 bits per heavy atom. The van der Waals surface area contributed by atoms with Gasteiger partial charge in [0.05, 0.1) is 6.61 Å². The highest BCUT2D eigenvalue weighted by Crippen LogP contribution is 2.31. The molecule has 1 fully saturated rings. The lowest BCUT2D eigenvalue weighted by molar-refractivity contribution is 0.415. The van der Waals surface area contributed by atoms with Crippen molar-refractivity contribution in [2.45, 2.75) is 13.0 Å². The third-order valence-electron chi connectivity index (χ3n) is 2.22. The van der Waals surface area contributed by atoms with Crippen molar-refractivity contribution in [3.63, 3.8) is 0 Å². The molecule has 13 heavy (non-hydrogen) atoms. The lowest BCUT2D eigenvalue weighted by atomic mass is 10.1. The predicted molar refractivity (Wildman–Crippen MR) is 47.4 cm³/mol. The number of nitrogens with zero attached hydrogens (tertiary/aromatic N) is 1. The molecule has 1 aromatic heterocycles. The minimum atomic E-state index is 0.287. The Morgan fingerprint density at radius 2 is 2.31 bits per heavy atom. The molecule has 1 atom stereocenters. The average molecular weight is 175 g/mol. The fourth-order valence-electron chi connectivity index (χ4n) is 1.50. The Balaban J connectivity index is 2.20. The number of ether oxygens (including phenoxy) is 1. The van der Waals surface area contributed by atoms with Crippen molar-refractivity contribution in [3.8, 4) is 0 Å². The third kappa shape index (κ3) is 1.12. The van der Waals surface area contributed by atoms with Crippen LogP contribution in [0.4, 0.5) is 0 Å². The molecule has 66 valence electrons. The number of aryl methyl sites for hydroxylation is 1. The number of benzene rings is 1. The largest absolute Gasteiger partial charge is 0.441 e. The highest BCUT2D eigenvalue weighted by molar-refractivity contribution is 5.73. The van der Waals surface area contributed by atoms with Gasteiger partial charge in [-0.2, -0.15) is 0 Å². The van der Waals surface area contributed by atoms with Crippen LogP contribution in [0, 0.1) is 6.92 Å². The number of epoxide rings is 1. The van der Waals surface area contributed by atoms with Gasteiger partial charge < -0.3 is 9.15 Å². The first kappa shape index (κ1) is 7.09. The molecule has 2 aromatic rings. The summed E-state index contributed by atoms with van der Waals surface area (Å²) < 4.78 is 10.6. The highest BCUT2D eigenvalue weighted by Gasteiger charge is 2.25. The zero-order chi connectivity index (χ0) is 8.84. The zero-order valence-corrected chi connectivity index (χ0v) is 7.28. The average Bonchev–Trinajstić information content (AvgIpc) is 2.87. The first-order valence-corrected chi connectivity index (χ1v) is 4.31. The van der Waals surface area contributed by atoms with Gasteiger partial charge in [0, 0.05) is 6.92 Å². The summed E-state index contributed by atoms with van der Waals surface area (Å²) in [7, 11) is 0. The van der Waals surface area contributed by atoms with E-state index < -0.39 is 0 Å². The number of fused-ring (bicyclic) bond motifs is 1. The number of rotatable bonds is 1. The second kappa shape index (κ2) is 2.33. The van der Waals surface area contributed by atoms with E-state index in [1.165, 1.54) is 5.56 Å². The minimum Gasteiger partial charge on any atom is -0.441 e. The van der Waals surface area contributed by atoms with Crippen LogP contribution < -0.4 is 0 Å². The van der Waals surface area contributed by atoms with Gasteiger partial charge in [-0.15, -0.1) is 0 Å². The van der Waals surface area contributed by atoms with Crippen LogP contribution in [0.5, 0.6) is 0 Å². The normalized spacial score (nSPS) is 20.8. The lowest BCUT2D eigenvalue weighted by Gasteiger charge is -1.92. The summed E-state index contributed by atoms with van der Waals surface area (Å²) in [6, 6.07) is 6.03. The first-order chi connectivity index (χ1) is 6.33. The van der Waals surface area contributed by atoms with Crippen LogP contribution in [-0.4, -0.2) is 11.6 Å². The smallest absolute Gasteiger partial charge is 0.192 e. The van der Waals surface area contributed by atoms with E-state index in [1.807, 2.05) is 25.1 Å². The molecule has 1 unspecified atom stereocenters. The molecule has 0 saturated carbocycles. The minimum absolute atomic E-state index is 0.287. The van der Waals surface area contributed by atoms with Gasteiger partial charge in [-0.3, -0.25) is 0 Å². The van der Waals surface area contributed by atoms with E-state index in [0.29, 0.717) is 5.89 Å². The quantitative estimate of drug-likeness (QED) is 0.623. The maximum absolute atomic E-state index is 5.42. The van der Waals surface area contributed by atoms with Gasteiger partial charge in [-0.05, 0) is 17.7 Å². The fourth-order valence-corrected chi connectivity index (χ4v) is 1.50. The van der Waals surface area contributed by atoms with Gasteiger partial charge in [-0.25, -0.2) is 4.98 Å². The van der Waals surface area contributed by atoms with E-state index in [1.54, 1.807) is 0 Å². The summed E-state index contributed by atoms with van der Waals surface area (Å²) in [6.45, 7) is 2.69. The molecule has 1 aliphatic heterocycles. The van der Waals surface area contributed by atoms with Crippen molar-refractivity contribution in [3.05, 3.63) is 29.7 Å². The van der Waals surface area contributed by atoms with Crippen LogP contribution in [0.1, 0.15) is 17.6 Å². The van der Waals surface area contributed by atoms with Crippen LogP contribution in [0.3, 0.4) is 0 Å². The van der Waals surface area contributed by atoms with Crippen molar-refractivity contribution in [1.82, 2.24) is 4.98 Å². The highest BCUT2D eigenvalue weighted by atomic mass is 16.6. The lowest BCUT2D eigenvalue weighted by Crippen LogP contribution is -1.78. The molecule has 1 aromatic carbocycles. The summed E-state index contributed by atoms with van der Waals surface area (Å²) >= 11 is 0. The maximum atomic E-state index is 5.42. The predicted octanol–water partition coefficient (Wildman–Crippen LogP) is 2.21. The van der Waals surface area contributed by atoms with E-state index in [-0.39, 0.29) is 6.10 Å². The second-order valence-corrected chi connectivity index (χ2v) is 3.28. The van der Waals surface area contributed by atoms with E-state index in [2.05, 4.69) is 4.98 Å². The Labute approximate surface area is 75.3 Å². The van der Waals surface area contributed by atoms with Crippen LogP contribution in [-0.2, 0) is 4.74 Å². The Bertz CT molecular complexity index is 457. The van der Waals surface area contributed by atoms with Crippen molar-refractivity contribution in [2.75, 3.05) is 6.61 Å². The molecule has 0 bridgehead atoms. The fraction of sp³-hybridized carbons (Fsp3) is 0.300. The van der Waals surface area contributed by atoms with Crippen molar-refractivity contribution < 1.29 is 9.15 Å². The number of hydrogen-bond acceptors (Lipinski definition) is 3. The van der Waals surface area contributed by atoms with Gasteiger partial charge in [0.2, 0.25) is 0 Å². The van der Waals surface area contributed by atoms with Gasteiger partial charge in [0.1, 0.15) is 11.6 Å². The van der Waals surface area contributed by atoms with Crippen molar-refractivity contribution >= 4 is 11.1 Å². The van der Waals surface area contributed by atoms with Crippen LogP contribution in [0.2, 0.25) is 0 Å². The zero-order valence-electron chi connectivity index (χ0n) is 7.28.